The topological polar surface area (TPSA) is 54.0 Å². The van der Waals surface area contributed by atoms with Crippen molar-refractivity contribution in [3.63, 3.8) is 0 Å². The van der Waals surface area contributed by atoms with Crippen LogP contribution in [0.1, 0.15) is 24.2 Å². The van der Waals surface area contributed by atoms with Crippen LogP contribution in [0.2, 0.25) is 0 Å². The third kappa shape index (κ3) is 2.33. The maximum Gasteiger partial charge on any atom is 0.282 e. The molecule has 2 rings (SSSR count). The number of rotatable bonds is 2. The minimum Gasteiger partial charge on any atom is -0.308 e. The van der Waals surface area contributed by atoms with Gasteiger partial charge in [-0.3, -0.25) is 0 Å². The Bertz CT molecular complexity index is 533. The zero-order chi connectivity index (χ0) is 13.3. The molecule has 0 saturated carbocycles. The van der Waals surface area contributed by atoms with Gasteiger partial charge in [0.2, 0.25) is 0 Å². The zero-order valence-corrected chi connectivity index (χ0v) is 10.3. The molecule has 0 aromatic carbocycles. The summed E-state index contributed by atoms with van der Waals surface area (Å²) in [7, 11) is 0. The van der Waals surface area contributed by atoms with Gasteiger partial charge in [-0.15, -0.1) is 0 Å². The van der Waals surface area contributed by atoms with Crippen LogP contribution in [0.5, 0.6) is 0 Å². The van der Waals surface area contributed by atoms with Gasteiger partial charge >= 0.3 is 0 Å². The molecular weight excluding hydrogens is 262 g/mol. The first-order valence-corrected chi connectivity index (χ1v) is 5.74. The Balaban J connectivity index is 2.46. The molecule has 4 nitrogen and oxygen atoms in total. The number of hydrogen-bond donors (Lipinski definition) is 1. The molecule has 0 radical (unpaired) electrons. The number of aliphatic imine (C=N–C) groups is 1. The van der Waals surface area contributed by atoms with E-state index in [0.29, 0.717) is 23.5 Å². The summed E-state index contributed by atoms with van der Waals surface area (Å²) in [6, 6.07) is 1.30. The van der Waals surface area contributed by atoms with Gasteiger partial charge in [-0.1, -0.05) is 17.7 Å². The summed E-state index contributed by atoms with van der Waals surface area (Å²) in [6.07, 6.45) is 0.743. The predicted octanol–water partition coefficient (Wildman–Crippen LogP) is 2.92. The molecule has 1 aromatic heterocycles. The van der Waals surface area contributed by atoms with E-state index in [-0.39, 0.29) is 5.69 Å². The fourth-order valence-corrected chi connectivity index (χ4v) is 1.88. The summed E-state index contributed by atoms with van der Waals surface area (Å²) in [5.41, 5.74) is 0.292. The molecule has 7 heteroatoms. The third-order valence-corrected chi connectivity index (χ3v) is 2.81. The first-order chi connectivity index (χ1) is 8.52. The number of hydrogen-bond acceptors (Lipinski definition) is 3. The van der Waals surface area contributed by atoms with Crippen molar-refractivity contribution in [3.05, 3.63) is 29.1 Å². The molecule has 1 unspecified atom stereocenters. The van der Waals surface area contributed by atoms with E-state index >= 15 is 0 Å². The summed E-state index contributed by atoms with van der Waals surface area (Å²) in [5, 5.41) is 11.1. The Morgan fingerprint density at radius 2 is 2.33 bits per heavy atom. The Labute approximate surface area is 107 Å². The molecule has 0 saturated heterocycles. The molecule has 1 aliphatic rings. The number of nitrogens with one attached hydrogen (secondary N) is 1. The van der Waals surface area contributed by atoms with Crippen molar-refractivity contribution in [1.29, 1.82) is 5.41 Å². The summed E-state index contributed by atoms with van der Waals surface area (Å²) in [6.45, 7) is 1.65. The van der Waals surface area contributed by atoms with Crippen LogP contribution in [0.3, 0.4) is 0 Å². The van der Waals surface area contributed by atoms with E-state index < -0.39 is 11.9 Å². The van der Waals surface area contributed by atoms with Gasteiger partial charge in [0, 0.05) is 23.9 Å². The van der Waals surface area contributed by atoms with E-state index in [1.807, 2.05) is 0 Å². The molecule has 18 heavy (non-hydrogen) atoms. The summed E-state index contributed by atoms with van der Waals surface area (Å²) >= 11 is 5.91. The maximum atomic E-state index is 12.6. The van der Waals surface area contributed by atoms with Crippen molar-refractivity contribution in [2.45, 2.75) is 25.3 Å². The van der Waals surface area contributed by atoms with Gasteiger partial charge in [0.05, 0.1) is 0 Å². The van der Waals surface area contributed by atoms with E-state index in [4.69, 9.17) is 17.0 Å². The number of allylic oxidation sites excluding steroid dienone is 1. The average Bonchev–Trinajstić information content (AvgIpc) is 2.71. The minimum absolute atomic E-state index is 0.309. The lowest BCUT2D eigenvalue weighted by Crippen LogP contribution is -2.23. The molecular formula is C11H11ClF2N4. The SMILES string of the molecule is Cc1cc(C(F)F)nn1C1=NC(Cl)CC=C1C=N. The predicted molar refractivity (Wildman–Crippen MR) is 65.9 cm³/mol. The van der Waals surface area contributed by atoms with Crippen LogP contribution in [0.4, 0.5) is 8.78 Å². The summed E-state index contributed by atoms with van der Waals surface area (Å²) in [5.74, 6) is 0.334. The number of aryl methyl sites for hydroxylation is 1. The maximum absolute atomic E-state index is 12.6. The fraction of sp³-hybridized carbons (Fsp3) is 0.364. The van der Waals surface area contributed by atoms with E-state index in [9.17, 15) is 8.78 Å². The van der Waals surface area contributed by atoms with Gasteiger partial charge in [-0.25, -0.2) is 18.5 Å². The molecule has 0 spiro atoms. The third-order valence-electron chi connectivity index (χ3n) is 2.54. The van der Waals surface area contributed by atoms with E-state index in [1.165, 1.54) is 10.7 Å². The first-order valence-electron chi connectivity index (χ1n) is 5.31. The normalized spacial score (nSPS) is 19.7. The Morgan fingerprint density at radius 3 is 2.89 bits per heavy atom. The van der Waals surface area contributed by atoms with Crippen molar-refractivity contribution < 1.29 is 8.78 Å². The molecule has 0 aliphatic carbocycles. The van der Waals surface area contributed by atoms with Crippen LogP contribution in [-0.2, 0) is 0 Å². The van der Waals surface area contributed by atoms with E-state index in [1.54, 1.807) is 13.0 Å². The van der Waals surface area contributed by atoms with E-state index in [0.717, 1.165) is 6.21 Å². The Hall–Kier alpha value is -1.56. The van der Waals surface area contributed by atoms with Gasteiger partial charge in [0.25, 0.3) is 6.43 Å². The van der Waals surface area contributed by atoms with Crippen LogP contribution >= 0.6 is 11.6 Å². The fourth-order valence-electron chi connectivity index (χ4n) is 1.70. The molecule has 1 N–H and O–H groups in total. The number of alkyl halides is 3. The highest BCUT2D eigenvalue weighted by atomic mass is 35.5. The van der Waals surface area contributed by atoms with Crippen LogP contribution in [0.15, 0.2) is 22.7 Å². The lowest BCUT2D eigenvalue weighted by atomic mass is 10.1. The standard InChI is InChI=1S/C11H11ClF2N4/c1-6-4-8(10(13)14)17-18(6)11-7(5-15)2-3-9(12)16-11/h2,4-5,9-10,15H,3H2,1H3. The van der Waals surface area contributed by atoms with Gasteiger partial charge < -0.3 is 5.41 Å². The summed E-state index contributed by atoms with van der Waals surface area (Å²) in [4.78, 5) is 4.16. The molecule has 1 aliphatic heterocycles. The van der Waals surface area contributed by atoms with Crippen LogP contribution < -0.4 is 0 Å². The largest absolute Gasteiger partial charge is 0.308 e. The quantitative estimate of drug-likeness (QED) is 0.502. The van der Waals surface area contributed by atoms with Crippen LogP contribution in [0, 0.1) is 12.3 Å². The number of aromatic nitrogens is 2. The second-order valence-electron chi connectivity index (χ2n) is 3.85. The molecule has 2 heterocycles. The highest BCUT2D eigenvalue weighted by Gasteiger charge is 2.21. The number of halogens is 3. The monoisotopic (exact) mass is 272 g/mol. The van der Waals surface area contributed by atoms with Gasteiger partial charge in [-0.2, -0.15) is 5.10 Å². The smallest absolute Gasteiger partial charge is 0.282 e. The number of dihydropyridines is 1. The van der Waals surface area contributed by atoms with Gasteiger partial charge in [0.15, 0.2) is 5.84 Å². The highest BCUT2D eigenvalue weighted by Crippen LogP contribution is 2.21. The second-order valence-corrected chi connectivity index (χ2v) is 4.35. The van der Waals surface area contributed by atoms with Crippen molar-refractivity contribution in [2.75, 3.05) is 0 Å². The molecule has 0 amide bonds. The van der Waals surface area contributed by atoms with Crippen LogP contribution in [0.25, 0.3) is 0 Å². The van der Waals surface area contributed by atoms with Crippen molar-refractivity contribution in [2.24, 2.45) is 4.99 Å². The van der Waals surface area contributed by atoms with Crippen molar-refractivity contribution in [1.82, 2.24) is 9.78 Å². The van der Waals surface area contributed by atoms with Gasteiger partial charge in [-0.05, 0) is 13.0 Å². The zero-order valence-electron chi connectivity index (χ0n) is 9.57. The molecule has 1 aromatic rings. The summed E-state index contributed by atoms with van der Waals surface area (Å²) < 4.78 is 26.5. The van der Waals surface area contributed by atoms with Crippen LogP contribution in [-0.4, -0.2) is 27.3 Å². The Kier molecular flexibility index (Phi) is 3.56. The van der Waals surface area contributed by atoms with Gasteiger partial charge in [0.1, 0.15) is 11.2 Å². The molecule has 0 fully saturated rings. The molecule has 1 atom stereocenters. The lowest BCUT2D eigenvalue weighted by Gasteiger charge is -2.16. The second kappa shape index (κ2) is 4.97. The molecule has 0 bridgehead atoms. The van der Waals surface area contributed by atoms with Crippen molar-refractivity contribution in [3.8, 4) is 0 Å². The minimum atomic E-state index is -2.63. The lowest BCUT2D eigenvalue weighted by molar-refractivity contribution is 0.145. The highest BCUT2D eigenvalue weighted by molar-refractivity contribution is 6.23. The Morgan fingerprint density at radius 1 is 1.61 bits per heavy atom. The first kappa shape index (κ1) is 12.9. The van der Waals surface area contributed by atoms with E-state index in [2.05, 4.69) is 10.1 Å². The number of nitrogens with zero attached hydrogens (tertiary/aromatic N) is 3. The van der Waals surface area contributed by atoms with Crippen molar-refractivity contribution >= 4 is 23.7 Å². The average molecular weight is 273 g/mol. The molecule has 96 valence electrons.